The highest BCUT2D eigenvalue weighted by atomic mass is 32.2. The molecule has 0 bridgehead atoms. The highest BCUT2D eigenvalue weighted by Crippen LogP contribution is 2.17. The molecule has 0 aliphatic carbocycles. The molecule has 0 saturated carbocycles. The van der Waals surface area contributed by atoms with Crippen molar-refractivity contribution in [1.82, 2.24) is 0 Å². The van der Waals surface area contributed by atoms with Gasteiger partial charge in [-0.15, -0.1) is 0 Å². The molecule has 2 atom stereocenters. The summed E-state index contributed by atoms with van der Waals surface area (Å²) in [5, 5.41) is 7.52. The van der Waals surface area contributed by atoms with Crippen molar-refractivity contribution in [2.24, 2.45) is 0 Å². The number of hydrogen-bond donors (Lipinski definition) is 1. The molecule has 16 heavy (non-hydrogen) atoms. The highest BCUT2D eigenvalue weighted by molar-refractivity contribution is 7.92. The Hall–Kier alpha value is -0.620. The molecule has 0 aromatic rings. The Morgan fingerprint density at radius 3 is 2.62 bits per heavy atom. The monoisotopic (exact) mass is 250 g/mol. The molecule has 0 aromatic carbocycles. The molecular weight excluding hydrogens is 232 g/mol. The standard InChI is InChI=1S/C10H18O5S/c1-2-9(10(11)12)16(13,14)7-8-5-3-4-6-15-8/h8-9H,2-7H2,1H3,(H,11,12). The van der Waals surface area contributed by atoms with Crippen molar-refractivity contribution in [3.8, 4) is 0 Å². The van der Waals surface area contributed by atoms with Gasteiger partial charge in [-0.25, -0.2) is 8.42 Å². The van der Waals surface area contributed by atoms with Gasteiger partial charge in [0.15, 0.2) is 15.1 Å². The summed E-state index contributed by atoms with van der Waals surface area (Å²) in [6, 6.07) is 0. The smallest absolute Gasteiger partial charge is 0.321 e. The Labute approximate surface area is 95.7 Å². The summed E-state index contributed by atoms with van der Waals surface area (Å²) in [4.78, 5) is 10.8. The predicted octanol–water partition coefficient (Wildman–Crippen LogP) is 0.833. The van der Waals surface area contributed by atoms with Gasteiger partial charge < -0.3 is 9.84 Å². The van der Waals surface area contributed by atoms with Crippen LogP contribution in [0.1, 0.15) is 32.6 Å². The zero-order chi connectivity index (χ0) is 12.2. The minimum absolute atomic E-state index is 0.102. The lowest BCUT2D eigenvalue weighted by Gasteiger charge is -2.23. The first-order valence-corrected chi connectivity index (χ1v) is 7.25. The van der Waals surface area contributed by atoms with E-state index in [0.29, 0.717) is 13.0 Å². The SMILES string of the molecule is CCC(C(=O)O)S(=O)(=O)CC1CCCCO1. The van der Waals surface area contributed by atoms with E-state index in [0.717, 1.165) is 12.8 Å². The lowest BCUT2D eigenvalue weighted by molar-refractivity contribution is -0.136. The van der Waals surface area contributed by atoms with Gasteiger partial charge in [0.1, 0.15) is 0 Å². The largest absolute Gasteiger partial charge is 0.480 e. The molecule has 2 unspecified atom stereocenters. The molecule has 0 amide bonds. The van der Waals surface area contributed by atoms with Gasteiger partial charge in [-0.2, -0.15) is 0 Å². The summed E-state index contributed by atoms with van der Waals surface area (Å²) >= 11 is 0. The van der Waals surface area contributed by atoms with Crippen LogP contribution in [0.25, 0.3) is 0 Å². The van der Waals surface area contributed by atoms with Gasteiger partial charge in [0, 0.05) is 6.61 Å². The van der Waals surface area contributed by atoms with E-state index >= 15 is 0 Å². The third-order valence-electron chi connectivity index (χ3n) is 2.77. The first kappa shape index (κ1) is 13.4. The average molecular weight is 250 g/mol. The number of carboxylic acids is 1. The van der Waals surface area contributed by atoms with Crippen LogP contribution in [0, 0.1) is 0 Å². The summed E-state index contributed by atoms with van der Waals surface area (Å²) in [6.07, 6.45) is 2.38. The Kier molecular flexibility index (Phi) is 4.73. The van der Waals surface area contributed by atoms with Crippen LogP contribution in [0.3, 0.4) is 0 Å². The topological polar surface area (TPSA) is 80.7 Å². The zero-order valence-corrected chi connectivity index (χ0v) is 10.2. The first-order chi connectivity index (χ1) is 7.47. The van der Waals surface area contributed by atoms with Crippen molar-refractivity contribution < 1.29 is 23.1 Å². The van der Waals surface area contributed by atoms with Gasteiger partial charge >= 0.3 is 5.97 Å². The number of carbonyl (C=O) groups is 1. The molecule has 1 saturated heterocycles. The molecule has 1 N–H and O–H groups in total. The molecule has 1 rings (SSSR count). The van der Waals surface area contributed by atoms with Crippen LogP contribution in [0.15, 0.2) is 0 Å². The number of aliphatic carboxylic acids is 1. The molecule has 1 heterocycles. The third kappa shape index (κ3) is 3.45. The zero-order valence-electron chi connectivity index (χ0n) is 9.39. The molecule has 0 aromatic heterocycles. The number of carboxylic acid groups (broad SMARTS) is 1. The quantitative estimate of drug-likeness (QED) is 0.781. The fraction of sp³-hybridized carbons (Fsp3) is 0.900. The van der Waals surface area contributed by atoms with Gasteiger partial charge in [-0.3, -0.25) is 4.79 Å². The first-order valence-electron chi connectivity index (χ1n) is 5.53. The van der Waals surface area contributed by atoms with Crippen LogP contribution in [0.5, 0.6) is 0 Å². The van der Waals surface area contributed by atoms with Gasteiger partial charge in [-0.1, -0.05) is 6.92 Å². The van der Waals surface area contributed by atoms with Crippen LogP contribution in [0.4, 0.5) is 0 Å². The van der Waals surface area contributed by atoms with E-state index in [1.807, 2.05) is 0 Å². The molecule has 94 valence electrons. The average Bonchev–Trinajstić information content (AvgIpc) is 2.18. The number of ether oxygens (including phenoxy) is 1. The van der Waals surface area contributed by atoms with Crippen molar-refractivity contribution in [2.45, 2.75) is 44.0 Å². The van der Waals surface area contributed by atoms with E-state index in [1.165, 1.54) is 0 Å². The van der Waals surface area contributed by atoms with E-state index in [4.69, 9.17) is 9.84 Å². The molecular formula is C10H18O5S. The number of rotatable bonds is 5. The van der Waals surface area contributed by atoms with E-state index in [9.17, 15) is 13.2 Å². The molecule has 1 fully saturated rings. The Balaban J connectivity index is 2.65. The molecule has 5 nitrogen and oxygen atoms in total. The maximum Gasteiger partial charge on any atom is 0.321 e. The van der Waals surface area contributed by atoms with Gasteiger partial charge in [0.05, 0.1) is 11.9 Å². The second-order valence-corrected chi connectivity index (χ2v) is 6.28. The fourth-order valence-corrected chi connectivity index (χ4v) is 3.72. The fourth-order valence-electron chi connectivity index (χ4n) is 1.90. The van der Waals surface area contributed by atoms with Crippen molar-refractivity contribution in [1.29, 1.82) is 0 Å². The van der Waals surface area contributed by atoms with Crippen LogP contribution in [-0.4, -0.2) is 43.2 Å². The summed E-state index contributed by atoms with van der Waals surface area (Å²) in [7, 11) is -3.60. The van der Waals surface area contributed by atoms with Gasteiger partial charge in [-0.05, 0) is 25.7 Å². The summed E-state index contributed by atoms with van der Waals surface area (Å²) < 4.78 is 28.9. The van der Waals surface area contributed by atoms with E-state index in [2.05, 4.69) is 0 Å². The Morgan fingerprint density at radius 1 is 1.50 bits per heavy atom. The van der Waals surface area contributed by atoms with Crippen molar-refractivity contribution >= 4 is 15.8 Å². The van der Waals surface area contributed by atoms with Crippen LogP contribution in [0.2, 0.25) is 0 Å². The molecule has 6 heteroatoms. The lowest BCUT2D eigenvalue weighted by atomic mass is 10.1. The van der Waals surface area contributed by atoms with E-state index < -0.39 is 21.1 Å². The maximum absolute atomic E-state index is 11.8. The minimum atomic E-state index is -3.60. The summed E-state index contributed by atoms with van der Waals surface area (Å²) in [5.74, 6) is -1.43. The second-order valence-electron chi connectivity index (χ2n) is 4.05. The Morgan fingerprint density at radius 2 is 2.19 bits per heavy atom. The molecule has 0 spiro atoms. The van der Waals surface area contributed by atoms with Crippen LogP contribution < -0.4 is 0 Å². The van der Waals surface area contributed by atoms with Crippen molar-refractivity contribution in [3.63, 3.8) is 0 Å². The van der Waals surface area contributed by atoms with Crippen molar-refractivity contribution in [2.75, 3.05) is 12.4 Å². The summed E-state index contributed by atoms with van der Waals surface area (Å²) in [5.41, 5.74) is 0. The van der Waals surface area contributed by atoms with Crippen LogP contribution in [-0.2, 0) is 19.4 Å². The second kappa shape index (κ2) is 5.63. The van der Waals surface area contributed by atoms with E-state index in [1.54, 1.807) is 6.92 Å². The predicted molar refractivity (Wildman–Crippen MR) is 59.1 cm³/mol. The Bertz CT molecular complexity index is 329. The normalized spacial score (nSPS) is 23.9. The van der Waals surface area contributed by atoms with Gasteiger partial charge in [0.2, 0.25) is 0 Å². The molecule has 1 aliphatic rings. The number of hydrogen-bond acceptors (Lipinski definition) is 4. The lowest BCUT2D eigenvalue weighted by Crippen LogP contribution is -2.37. The molecule has 0 radical (unpaired) electrons. The van der Waals surface area contributed by atoms with E-state index in [-0.39, 0.29) is 18.3 Å². The highest BCUT2D eigenvalue weighted by Gasteiger charge is 2.33. The minimum Gasteiger partial charge on any atom is -0.480 e. The van der Waals surface area contributed by atoms with Crippen LogP contribution >= 0.6 is 0 Å². The maximum atomic E-state index is 11.8. The van der Waals surface area contributed by atoms with Gasteiger partial charge in [0.25, 0.3) is 0 Å². The third-order valence-corrected chi connectivity index (χ3v) is 5.01. The van der Waals surface area contributed by atoms with Crippen molar-refractivity contribution in [3.05, 3.63) is 0 Å². The summed E-state index contributed by atoms with van der Waals surface area (Å²) in [6.45, 7) is 2.14. The molecule has 1 aliphatic heterocycles. The number of sulfone groups is 1.